The number of hydrogen-bond acceptors (Lipinski definition) is 4. The van der Waals surface area contributed by atoms with Crippen molar-refractivity contribution in [3.8, 4) is 22.4 Å². The number of amides is 1. The van der Waals surface area contributed by atoms with E-state index in [-0.39, 0.29) is 69.4 Å². The average Bonchev–Trinajstić information content (AvgIpc) is 3.50. The van der Waals surface area contributed by atoms with E-state index in [0.29, 0.717) is 11.1 Å². The summed E-state index contributed by atoms with van der Waals surface area (Å²) in [6.45, 7) is 10.6. The number of nitrogens with one attached hydrogen (secondary N) is 1. The lowest BCUT2D eigenvalue weighted by molar-refractivity contribution is -0.139. The first kappa shape index (κ1) is 22.3. The van der Waals surface area contributed by atoms with E-state index >= 15 is 9.18 Å². The minimum absolute atomic E-state index is 0.0857. The molecule has 7 nitrogen and oxygen atoms in total. The molecule has 0 aliphatic heterocycles. The van der Waals surface area contributed by atoms with Gasteiger partial charge in [-0.2, -0.15) is 0 Å². The van der Waals surface area contributed by atoms with Crippen LogP contribution in [0.4, 0.5) is 10.1 Å². The van der Waals surface area contributed by atoms with E-state index in [0.717, 1.165) is 0 Å². The molecule has 4 N–H and O–H groups in total. The minimum Gasteiger partial charge on any atom is -0.481 e. The third-order valence-electron chi connectivity index (χ3n) is 8.44. The summed E-state index contributed by atoms with van der Waals surface area (Å²) in [7, 11) is 0. The van der Waals surface area contributed by atoms with E-state index in [1.165, 1.54) is 32.3 Å². The van der Waals surface area contributed by atoms with Crippen molar-refractivity contribution in [3.63, 3.8) is 0 Å². The fraction of sp³-hybridized carbons (Fsp3) is 0.385. The van der Waals surface area contributed by atoms with Gasteiger partial charge in [0.25, 0.3) is 5.91 Å². The number of rotatable bonds is 13. The maximum atomic E-state index is 15.2. The Morgan fingerprint density at radius 1 is 0.979 bits per heavy atom. The van der Waals surface area contributed by atoms with Gasteiger partial charge in [-0.3, -0.25) is 9.59 Å². The molecule has 0 saturated heterocycles. The number of benzene rings is 3. The molecule has 3 aromatic carbocycles. The molecule has 1 amide bonds. The first-order valence-corrected chi connectivity index (χ1v) is 15.3. The number of aliphatic hydroxyl groups excluding tert-OH is 2. The molecule has 0 saturated carbocycles. The fourth-order valence-electron chi connectivity index (χ4n) is 5.37. The molecule has 0 spiro atoms. The Morgan fingerprint density at radius 2 is 1.66 bits per heavy atom. The molecule has 8 heteroatoms. The molecule has 0 bridgehead atoms. The quantitative estimate of drug-likeness (QED) is 0.116. The lowest BCUT2D eigenvalue weighted by atomic mass is 9.89. The number of halogens is 1. The van der Waals surface area contributed by atoms with E-state index in [4.69, 9.17) is 15.1 Å². The van der Waals surface area contributed by atoms with Gasteiger partial charge in [0.05, 0.1) is 43.5 Å². The molecule has 2 unspecified atom stereocenters. The zero-order valence-electron chi connectivity index (χ0n) is 39.4. The summed E-state index contributed by atoms with van der Waals surface area (Å²) in [4.78, 5) is 26.7. The van der Waals surface area contributed by atoms with Crippen molar-refractivity contribution < 1.29 is 45.7 Å². The number of aliphatic hydroxyl groups is 2. The molecule has 47 heavy (non-hydrogen) atoms. The van der Waals surface area contributed by atoms with Crippen LogP contribution >= 0.6 is 0 Å². The highest BCUT2D eigenvalue weighted by molar-refractivity contribution is 6.13. The zero-order chi connectivity index (χ0) is 45.1. The van der Waals surface area contributed by atoms with Crippen LogP contribution in [0.2, 0.25) is 0 Å². The number of nitrogens with zero attached hydrogens (tertiary/aromatic N) is 1. The van der Waals surface area contributed by atoms with Crippen LogP contribution in [0.3, 0.4) is 0 Å². The van der Waals surface area contributed by atoms with Crippen LogP contribution < -0.4 is 5.32 Å². The third kappa shape index (κ3) is 8.00. The van der Waals surface area contributed by atoms with Crippen LogP contribution in [0.1, 0.15) is 101 Å². The summed E-state index contributed by atoms with van der Waals surface area (Å²) in [6.07, 6.45) is -7.54. The van der Waals surface area contributed by atoms with Gasteiger partial charge in [-0.05, 0) is 110 Å². The van der Waals surface area contributed by atoms with Gasteiger partial charge in [-0.1, -0.05) is 44.9 Å². The van der Waals surface area contributed by atoms with Crippen molar-refractivity contribution in [2.45, 2.75) is 92.4 Å². The van der Waals surface area contributed by atoms with E-state index in [1.54, 1.807) is 20.8 Å². The van der Waals surface area contributed by atoms with Crippen molar-refractivity contribution >= 4 is 17.6 Å². The zero-order valence-corrected chi connectivity index (χ0v) is 27.4. The van der Waals surface area contributed by atoms with Crippen molar-refractivity contribution in [2.24, 2.45) is 5.92 Å². The van der Waals surface area contributed by atoms with Crippen LogP contribution in [-0.4, -0.2) is 44.0 Å². The molecule has 250 valence electrons. The average molecular weight is 655 g/mol. The van der Waals surface area contributed by atoms with E-state index in [2.05, 4.69) is 5.32 Å². The SMILES string of the molecule is [2H]c1c([2H])c(C)c(C)c(-c2c(C(=O)Nc3c([2H])c([2H])c(C)c(C)c3[2H])c(C(C)CC)n(CC(C)[C@@H](O)C[C@@H](O)C([2H])([2H])C(=O)O)c2-c2c([2H])c([2H])c(F)c([2H])c2[2H])c1[2H]. The second-order valence-corrected chi connectivity index (χ2v) is 11.8. The van der Waals surface area contributed by atoms with Crippen molar-refractivity contribution in [2.75, 3.05) is 5.32 Å². The summed E-state index contributed by atoms with van der Waals surface area (Å²) in [5, 5.41) is 33.9. The molecule has 0 fully saturated rings. The fourth-order valence-corrected chi connectivity index (χ4v) is 5.37. The van der Waals surface area contributed by atoms with Crippen LogP contribution in [0.25, 0.3) is 22.4 Å². The number of carbonyl (C=O) groups excluding carboxylic acids is 1. The Labute approximate surface area is 294 Å². The molecular formula is C39H47FN2O5. The van der Waals surface area contributed by atoms with Gasteiger partial charge >= 0.3 is 5.97 Å². The molecule has 0 aliphatic carbocycles. The Morgan fingerprint density at radius 3 is 2.30 bits per heavy atom. The van der Waals surface area contributed by atoms with Crippen molar-refractivity contribution in [1.29, 1.82) is 0 Å². The topological polar surface area (TPSA) is 112 Å². The smallest absolute Gasteiger partial charge is 0.305 e. The highest BCUT2D eigenvalue weighted by Crippen LogP contribution is 2.45. The molecule has 1 aromatic heterocycles. The van der Waals surface area contributed by atoms with Gasteiger partial charge in [-0.15, -0.1) is 0 Å². The second-order valence-electron chi connectivity index (χ2n) is 11.8. The van der Waals surface area contributed by atoms with E-state index in [1.807, 2.05) is 0 Å². The monoisotopic (exact) mass is 654 g/mol. The summed E-state index contributed by atoms with van der Waals surface area (Å²) in [5.74, 6) is -6.25. The standard InChI is InChI=1S/C39H47FN2O5/c1-8-22(2)37-36(39(47)41-30-17-12-23(3)25(5)18-30)35(32-11-9-10-24(4)27(32)7)38(28-13-15-29(40)16-14-28)42(37)21-26(6)33(44)19-31(43)20-34(45)46/h9-18,22,26,31,33,43-44H,8,19-21H2,1-7H3,(H,41,47)(H,45,46)/t22?,26?,31-,33+/m1/s1/i9D,10D,11D,12D,13D,14D,15D,16D,17D,18D,20D2. The van der Waals surface area contributed by atoms with Gasteiger partial charge in [0, 0.05) is 38.6 Å². The van der Waals surface area contributed by atoms with Gasteiger partial charge in [0.2, 0.25) is 0 Å². The van der Waals surface area contributed by atoms with Gasteiger partial charge in [-0.25, -0.2) is 4.39 Å². The molecular weight excluding hydrogens is 595 g/mol. The largest absolute Gasteiger partial charge is 0.481 e. The first-order valence-electron chi connectivity index (χ1n) is 21.3. The summed E-state index contributed by atoms with van der Waals surface area (Å²) >= 11 is 0. The van der Waals surface area contributed by atoms with Crippen LogP contribution in [-0.2, 0) is 11.3 Å². The normalized spacial score (nSPS) is 17.9. The number of carboxylic acid groups (broad SMARTS) is 1. The summed E-state index contributed by atoms with van der Waals surface area (Å²) in [5.41, 5.74) is -0.788. The van der Waals surface area contributed by atoms with E-state index < -0.39 is 109 Å². The highest BCUT2D eigenvalue weighted by Gasteiger charge is 2.33. The number of aromatic nitrogens is 1. The lowest BCUT2D eigenvalue weighted by Crippen LogP contribution is -2.29. The molecule has 4 aromatic rings. The maximum Gasteiger partial charge on any atom is 0.305 e. The Balaban J connectivity index is 2.30. The Kier molecular flexibility index (Phi) is 7.17. The van der Waals surface area contributed by atoms with Gasteiger partial charge < -0.3 is 25.2 Å². The second kappa shape index (κ2) is 15.1. The van der Waals surface area contributed by atoms with E-state index in [9.17, 15) is 21.5 Å². The number of carboxylic acids is 1. The predicted molar refractivity (Wildman–Crippen MR) is 185 cm³/mol. The number of hydrogen-bond donors (Lipinski definition) is 4. The lowest BCUT2D eigenvalue weighted by Gasteiger charge is -2.26. The molecule has 4 atom stereocenters. The summed E-state index contributed by atoms with van der Waals surface area (Å²) in [6, 6.07) is -6.47. The third-order valence-corrected chi connectivity index (χ3v) is 8.44. The highest BCUT2D eigenvalue weighted by atomic mass is 19.1. The Hall–Kier alpha value is -4.27. The van der Waals surface area contributed by atoms with Crippen LogP contribution in [0.5, 0.6) is 0 Å². The van der Waals surface area contributed by atoms with Gasteiger partial charge in [0.15, 0.2) is 0 Å². The Bertz CT molecular complexity index is 2300. The predicted octanol–water partition coefficient (Wildman–Crippen LogP) is 8.18. The molecule has 4 rings (SSSR count). The van der Waals surface area contributed by atoms with Crippen molar-refractivity contribution in [1.82, 2.24) is 4.57 Å². The summed E-state index contributed by atoms with van der Waals surface area (Å²) < 4.78 is 120. The number of anilines is 1. The van der Waals surface area contributed by atoms with Crippen LogP contribution in [0, 0.1) is 39.4 Å². The number of aliphatic carboxylic acids is 1. The molecule has 1 heterocycles. The maximum absolute atomic E-state index is 15.2. The number of carbonyl (C=O) groups is 2. The molecule has 0 radical (unpaired) electrons. The first-order chi connectivity index (χ1) is 27.2. The van der Waals surface area contributed by atoms with Crippen molar-refractivity contribution in [3.05, 3.63) is 99.8 Å². The van der Waals surface area contributed by atoms with Gasteiger partial charge in [0.1, 0.15) is 5.82 Å². The van der Waals surface area contributed by atoms with Crippen LogP contribution in [0.15, 0.2) is 60.4 Å². The minimum atomic E-state index is -3.17. The molecule has 0 aliphatic rings.